The zero-order chi connectivity index (χ0) is 14.0. The maximum atomic E-state index is 7.50. The summed E-state index contributed by atoms with van der Waals surface area (Å²) < 4.78 is 33.7. The van der Waals surface area contributed by atoms with Crippen LogP contribution in [0.15, 0.2) is 24.3 Å². The molecule has 1 aliphatic heterocycles. The quantitative estimate of drug-likeness (QED) is 0.535. The van der Waals surface area contributed by atoms with E-state index in [2.05, 4.69) is 38.2 Å². The molecule has 1 aliphatic carbocycles. The summed E-state index contributed by atoms with van der Waals surface area (Å²) in [5.74, 6) is -0.351. The van der Waals surface area contributed by atoms with E-state index in [-0.39, 0.29) is 23.1 Å². The molecule has 0 aromatic heterocycles. The maximum absolute atomic E-state index is 7.50. The smallest absolute Gasteiger partial charge is 0.343 e. The summed E-state index contributed by atoms with van der Waals surface area (Å²) in [7, 11) is 0. The van der Waals surface area contributed by atoms with Gasteiger partial charge in [-0.05, 0) is 5.56 Å². The van der Waals surface area contributed by atoms with Crippen molar-refractivity contribution in [2.45, 2.75) is 12.2 Å². The van der Waals surface area contributed by atoms with Crippen LogP contribution in [-0.2, 0) is 53.0 Å². The van der Waals surface area contributed by atoms with Crippen molar-refractivity contribution >= 4 is 0 Å². The van der Waals surface area contributed by atoms with Crippen LogP contribution < -0.4 is 0 Å². The van der Waals surface area contributed by atoms with Gasteiger partial charge in [-0.3, -0.25) is 0 Å². The minimum Gasteiger partial charge on any atom is -0.343 e. The van der Waals surface area contributed by atoms with Crippen molar-refractivity contribution in [3.8, 4) is 0 Å². The van der Waals surface area contributed by atoms with Crippen molar-refractivity contribution in [3.63, 3.8) is 0 Å². The number of rotatable bonds is 0. The second-order valence-corrected chi connectivity index (χ2v) is 3.28. The SMILES string of the molecule is [C-]#[O+].[C-]#[O+].[C-]#[O+].[Cr+6].c1ccc2c(c1)CC21OCCO1. The van der Waals surface area contributed by atoms with Gasteiger partial charge in [-0.15, -0.1) is 0 Å². The van der Waals surface area contributed by atoms with E-state index in [1.807, 2.05) is 6.07 Å². The van der Waals surface area contributed by atoms with Crippen LogP contribution in [0.25, 0.3) is 0 Å². The molecule has 5 nitrogen and oxygen atoms in total. The van der Waals surface area contributed by atoms with Gasteiger partial charge in [0.25, 0.3) is 0 Å². The van der Waals surface area contributed by atoms with E-state index in [1.54, 1.807) is 0 Å². The largest absolute Gasteiger partial charge is 6.00 e. The third-order valence-corrected chi connectivity index (χ3v) is 2.60. The van der Waals surface area contributed by atoms with Gasteiger partial charge in [0.1, 0.15) is 0 Å². The van der Waals surface area contributed by atoms with E-state index < -0.39 is 0 Å². The second-order valence-electron chi connectivity index (χ2n) is 3.28. The Balaban J connectivity index is 0. The molecule has 0 bridgehead atoms. The summed E-state index contributed by atoms with van der Waals surface area (Å²) in [5, 5.41) is 0. The molecule has 1 saturated heterocycles. The van der Waals surface area contributed by atoms with Gasteiger partial charge in [-0.1, -0.05) is 24.3 Å². The van der Waals surface area contributed by atoms with Crippen molar-refractivity contribution in [1.29, 1.82) is 0 Å². The number of ether oxygens (including phenoxy) is 2. The predicted octanol–water partition coefficient (Wildman–Crippen LogP) is 1.33. The summed E-state index contributed by atoms with van der Waals surface area (Å²) in [4.78, 5) is 0. The average Bonchev–Trinajstić information content (AvgIpc) is 2.96. The fraction of sp³-hybridized carbons (Fsp3) is 0.308. The van der Waals surface area contributed by atoms with E-state index in [0.717, 1.165) is 19.6 Å². The molecule has 3 rings (SSSR count). The summed E-state index contributed by atoms with van der Waals surface area (Å²) in [6.07, 6.45) is 0.920. The Kier molecular flexibility index (Phi) is 11.5. The van der Waals surface area contributed by atoms with Crippen molar-refractivity contribution < 1.29 is 40.8 Å². The molecule has 2 aliphatic rings. The molecule has 92 valence electrons. The molecule has 0 N–H and O–H groups in total. The fourth-order valence-electron chi connectivity index (χ4n) is 2.00. The first-order chi connectivity index (χ1) is 8.91. The minimum absolute atomic E-state index is 0. The van der Waals surface area contributed by atoms with Crippen molar-refractivity contribution in [1.82, 2.24) is 0 Å². The van der Waals surface area contributed by atoms with Crippen LogP contribution in [0.2, 0.25) is 0 Å². The average molecular weight is 298 g/mol. The molecule has 1 heterocycles. The Morgan fingerprint density at radius 1 is 0.895 bits per heavy atom. The predicted molar refractivity (Wildman–Crippen MR) is 55.5 cm³/mol. The molecule has 6 heteroatoms. The zero-order valence-electron chi connectivity index (χ0n) is 9.88. The molecule has 0 saturated carbocycles. The summed E-state index contributed by atoms with van der Waals surface area (Å²) in [6.45, 7) is 15.0. The Labute approximate surface area is 122 Å². The minimum atomic E-state index is -0.351. The number of benzene rings is 1. The molecule has 0 radical (unpaired) electrons. The van der Waals surface area contributed by atoms with Gasteiger partial charge in [0.05, 0.1) is 13.2 Å². The molecular weight excluding hydrogens is 288 g/mol. The van der Waals surface area contributed by atoms with Crippen LogP contribution in [0.4, 0.5) is 0 Å². The van der Waals surface area contributed by atoms with Crippen LogP contribution in [0.1, 0.15) is 11.1 Å². The Bertz CT molecular complexity index is 418. The Hall–Kier alpha value is -1.11. The van der Waals surface area contributed by atoms with Crippen LogP contribution >= 0.6 is 0 Å². The van der Waals surface area contributed by atoms with Gasteiger partial charge in [0, 0.05) is 12.0 Å². The monoisotopic (exact) mass is 298 g/mol. The van der Waals surface area contributed by atoms with Gasteiger partial charge in [-0.25, -0.2) is 0 Å². The second kappa shape index (κ2) is 10.8. The van der Waals surface area contributed by atoms with E-state index >= 15 is 0 Å². The van der Waals surface area contributed by atoms with Crippen LogP contribution in [0.5, 0.6) is 0 Å². The number of hydrogen-bond acceptors (Lipinski definition) is 2. The molecule has 0 atom stereocenters. The molecule has 1 spiro atoms. The summed E-state index contributed by atoms with van der Waals surface area (Å²) in [5.41, 5.74) is 2.59. The van der Waals surface area contributed by atoms with Gasteiger partial charge in [0.15, 0.2) is 5.79 Å². The number of hydrogen-bond donors (Lipinski definition) is 0. The normalized spacial score (nSPS) is 15.3. The third-order valence-electron chi connectivity index (χ3n) is 2.60. The standard InChI is InChI=1S/C10H10O2.3CO.Cr/c1-2-4-9-8(3-1)7-10(9)11-5-6-12-10;3*1-2;/h1-4H,5-7H2;;;;/q;;;;+6. The summed E-state index contributed by atoms with van der Waals surface area (Å²) >= 11 is 0. The van der Waals surface area contributed by atoms with Crippen LogP contribution in [0.3, 0.4) is 0 Å². The topological polar surface area (TPSA) is 78.2 Å². The Morgan fingerprint density at radius 3 is 1.84 bits per heavy atom. The third kappa shape index (κ3) is 4.19. The molecular formula is C13H10CrO5+6. The van der Waals surface area contributed by atoms with Gasteiger partial charge < -0.3 is 9.47 Å². The molecule has 0 amide bonds. The Morgan fingerprint density at radius 2 is 1.37 bits per heavy atom. The van der Waals surface area contributed by atoms with Crippen molar-refractivity contribution in [2.24, 2.45) is 0 Å². The van der Waals surface area contributed by atoms with Crippen LogP contribution in [-0.4, -0.2) is 13.2 Å². The summed E-state index contributed by atoms with van der Waals surface area (Å²) in [6, 6.07) is 8.31. The molecule has 0 unspecified atom stereocenters. The maximum Gasteiger partial charge on any atom is 6.00 e. The van der Waals surface area contributed by atoms with E-state index in [9.17, 15) is 0 Å². The van der Waals surface area contributed by atoms with Gasteiger partial charge >= 0.3 is 51.3 Å². The zero-order valence-corrected chi connectivity index (χ0v) is 11.2. The van der Waals surface area contributed by atoms with Gasteiger partial charge in [0.2, 0.25) is 0 Å². The van der Waals surface area contributed by atoms with E-state index in [0.29, 0.717) is 0 Å². The van der Waals surface area contributed by atoms with Gasteiger partial charge in [-0.2, -0.15) is 0 Å². The van der Waals surface area contributed by atoms with Crippen molar-refractivity contribution in [2.75, 3.05) is 13.2 Å². The fourth-order valence-corrected chi connectivity index (χ4v) is 2.00. The van der Waals surface area contributed by atoms with E-state index in [4.69, 9.17) is 23.4 Å². The molecule has 19 heavy (non-hydrogen) atoms. The first kappa shape index (κ1) is 20.2. The van der Waals surface area contributed by atoms with E-state index in [1.165, 1.54) is 11.1 Å². The first-order valence-electron chi connectivity index (χ1n) is 4.88. The number of fused-ring (bicyclic) bond motifs is 2. The van der Waals surface area contributed by atoms with Crippen LogP contribution in [0, 0.1) is 20.0 Å². The molecule has 1 aromatic rings. The first-order valence-corrected chi connectivity index (χ1v) is 4.88. The molecule has 1 aromatic carbocycles. The van der Waals surface area contributed by atoms with Crippen molar-refractivity contribution in [3.05, 3.63) is 55.3 Å². The molecule has 1 fully saturated rings.